The van der Waals surface area contributed by atoms with E-state index in [9.17, 15) is 8.42 Å². The van der Waals surface area contributed by atoms with E-state index in [4.69, 9.17) is 28.9 Å². The van der Waals surface area contributed by atoms with Gasteiger partial charge < -0.3 is 5.73 Å². The molecule has 27 heavy (non-hydrogen) atoms. The topological polar surface area (TPSA) is 72.2 Å². The third kappa shape index (κ3) is 6.69. The number of anilines is 2. The van der Waals surface area contributed by atoms with Crippen molar-refractivity contribution in [3.8, 4) is 0 Å². The highest BCUT2D eigenvalue weighted by atomic mass is 79.9. The van der Waals surface area contributed by atoms with Crippen LogP contribution in [0.5, 0.6) is 0 Å². The summed E-state index contributed by atoms with van der Waals surface area (Å²) < 4.78 is 28.3. The Bertz CT molecular complexity index is 1030. The Labute approximate surface area is 185 Å². The summed E-state index contributed by atoms with van der Waals surface area (Å²) in [5.41, 5.74) is 6.40. The van der Waals surface area contributed by atoms with Gasteiger partial charge in [-0.3, -0.25) is 4.72 Å². The van der Waals surface area contributed by atoms with E-state index in [1.165, 1.54) is 12.1 Å². The first-order valence-electron chi connectivity index (χ1n) is 7.42. The smallest absolute Gasteiger partial charge is 0.261 e. The van der Waals surface area contributed by atoms with Crippen molar-refractivity contribution >= 4 is 76.5 Å². The molecule has 0 bridgehead atoms. The van der Waals surface area contributed by atoms with Gasteiger partial charge in [0, 0.05) is 8.95 Å². The fourth-order valence-electron chi connectivity index (χ4n) is 1.89. The molecule has 0 unspecified atom stereocenters. The van der Waals surface area contributed by atoms with Crippen LogP contribution in [0.2, 0.25) is 10.0 Å². The van der Waals surface area contributed by atoms with Crippen molar-refractivity contribution in [2.75, 3.05) is 10.5 Å². The van der Waals surface area contributed by atoms with E-state index in [1.54, 1.807) is 48.5 Å². The molecule has 4 nitrogen and oxygen atoms in total. The third-order valence-electron chi connectivity index (χ3n) is 3.18. The molecular formula is C18H14Br2Cl2N2O2S. The van der Waals surface area contributed by atoms with Crippen molar-refractivity contribution in [2.45, 2.75) is 4.90 Å². The number of rotatable bonds is 3. The molecule has 3 N–H and O–H groups in total. The summed E-state index contributed by atoms with van der Waals surface area (Å²) in [7, 11) is -3.61. The fourth-order valence-corrected chi connectivity index (χ4v) is 4.06. The van der Waals surface area contributed by atoms with Crippen molar-refractivity contribution in [1.82, 2.24) is 0 Å². The Morgan fingerprint density at radius 3 is 1.93 bits per heavy atom. The molecule has 0 fully saturated rings. The zero-order chi connectivity index (χ0) is 20.0. The molecule has 3 aromatic rings. The van der Waals surface area contributed by atoms with Crippen LogP contribution in [0.3, 0.4) is 0 Å². The van der Waals surface area contributed by atoms with Crippen LogP contribution in [0, 0.1) is 0 Å². The zero-order valence-corrected chi connectivity index (χ0v) is 19.2. The van der Waals surface area contributed by atoms with E-state index >= 15 is 0 Å². The first-order chi connectivity index (χ1) is 12.7. The van der Waals surface area contributed by atoms with Gasteiger partial charge in [-0.2, -0.15) is 0 Å². The maximum absolute atomic E-state index is 12.1. The number of hydrogen-bond acceptors (Lipinski definition) is 3. The summed E-state index contributed by atoms with van der Waals surface area (Å²) in [5, 5.41) is 0.941. The molecule has 0 aliphatic heterocycles. The number of sulfonamides is 1. The van der Waals surface area contributed by atoms with Gasteiger partial charge in [0.05, 0.1) is 26.3 Å². The van der Waals surface area contributed by atoms with Crippen LogP contribution in [0.4, 0.5) is 11.4 Å². The van der Waals surface area contributed by atoms with Crippen LogP contribution in [0.15, 0.2) is 80.6 Å². The van der Waals surface area contributed by atoms with E-state index < -0.39 is 10.0 Å². The minimum absolute atomic E-state index is 0.195. The number of hydrogen-bond donors (Lipinski definition) is 2. The largest absolute Gasteiger partial charge is 0.397 e. The predicted molar refractivity (Wildman–Crippen MR) is 120 cm³/mol. The van der Waals surface area contributed by atoms with Gasteiger partial charge in [-0.15, -0.1) is 0 Å². The van der Waals surface area contributed by atoms with Crippen molar-refractivity contribution < 1.29 is 8.42 Å². The Kier molecular flexibility index (Phi) is 8.00. The van der Waals surface area contributed by atoms with Gasteiger partial charge in [-0.1, -0.05) is 73.3 Å². The quantitative estimate of drug-likeness (QED) is 0.360. The predicted octanol–water partition coefficient (Wildman–Crippen LogP) is 6.59. The molecule has 0 aliphatic carbocycles. The van der Waals surface area contributed by atoms with E-state index in [1.807, 2.05) is 6.07 Å². The highest BCUT2D eigenvalue weighted by Gasteiger charge is 2.15. The number of nitrogens with one attached hydrogen (secondary N) is 1. The normalized spacial score (nSPS) is 10.7. The van der Waals surface area contributed by atoms with Crippen LogP contribution in [-0.2, 0) is 10.0 Å². The Balaban J connectivity index is 0.000000244. The average molecular weight is 553 g/mol. The molecule has 142 valence electrons. The molecule has 9 heteroatoms. The molecule has 0 heterocycles. The second-order valence-corrected chi connectivity index (χ2v) is 9.54. The first kappa shape index (κ1) is 22.0. The molecule has 0 atom stereocenters. The summed E-state index contributed by atoms with van der Waals surface area (Å²) in [6.45, 7) is 0. The minimum Gasteiger partial charge on any atom is -0.397 e. The molecule has 3 rings (SSSR count). The van der Waals surface area contributed by atoms with Gasteiger partial charge in [0.25, 0.3) is 10.0 Å². The lowest BCUT2D eigenvalue weighted by atomic mass is 10.3. The Morgan fingerprint density at radius 1 is 0.815 bits per heavy atom. The first-order valence-corrected chi connectivity index (χ1v) is 11.2. The SMILES string of the molecule is Nc1cc(Br)ccc1Cl.O=S(=O)(Nc1cc(Br)ccc1Cl)c1ccccc1. The van der Waals surface area contributed by atoms with Crippen molar-refractivity contribution in [3.63, 3.8) is 0 Å². The van der Waals surface area contributed by atoms with E-state index in [0.717, 1.165) is 8.95 Å². The van der Waals surface area contributed by atoms with Crippen molar-refractivity contribution in [2.24, 2.45) is 0 Å². The summed E-state index contributed by atoms with van der Waals surface area (Å²) in [6.07, 6.45) is 0. The van der Waals surface area contributed by atoms with Crippen LogP contribution in [-0.4, -0.2) is 8.42 Å². The number of benzene rings is 3. The lowest BCUT2D eigenvalue weighted by Gasteiger charge is -2.09. The Morgan fingerprint density at radius 2 is 1.37 bits per heavy atom. The van der Waals surface area contributed by atoms with Crippen LogP contribution in [0.1, 0.15) is 0 Å². The van der Waals surface area contributed by atoms with Gasteiger partial charge in [0.1, 0.15) is 0 Å². The second kappa shape index (κ2) is 9.80. The molecule has 0 saturated carbocycles. The molecule has 0 radical (unpaired) electrons. The zero-order valence-electron chi connectivity index (χ0n) is 13.7. The monoisotopic (exact) mass is 550 g/mol. The lowest BCUT2D eigenvalue weighted by Crippen LogP contribution is -2.13. The summed E-state index contributed by atoms with van der Waals surface area (Å²) in [5.74, 6) is 0. The lowest BCUT2D eigenvalue weighted by molar-refractivity contribution is 0.601. The average Bonchev–Trinajstić information content (AvgIpc) is 2.63. The van der Waals surface area contributed by atoms with Gasteiger partial charge in [0.15, 0.2) is 0 Å². The number of nitrogen functional groups attached to an aromatic ring is 1. The summed E-state index contributed by atoms with van der Waals surface area (Å²) >= 11 is 18.1. The van der Waals surface area contributed by atoms with Crippen LogP contribution >= 0.6 is 55.1 Å². The van der Waals surface area contributed by atoms with Crippen LogP contribution in [0.25, 0.3) is 0 Å². The van der Waals surface area contributed by atoms with Crippen molar-refractivity contribution in [3.05, 3.63) is 85.7 Å². The maximum Gasteiger partial charge on any atom is 0.261 e. The summed E-state index contributed by atoms with van der Waals surface area (Å²) in [6, 6.07) is 18.5. The second-order valence-electron chi connectivity index (χ2n) is 5.21. The van der Waals surface area contributed by atoms with Crippen LogP contribution < -0.4 is 10.5 Å². The number of halogens is 4. The third-order valence-corrected chi connectivity index (χ3v) is 6.23. The van der Waals surface area contributed by atoms with Crippen molar-refractivity contribution in [1.29, 1.82) is 0 Å². The molecule has 3 aromatic carbocycles. The molecule has 0 amide bonds. The van der Waals surface area contributed by atoms with Gasteiger partial charge in [-0.25, -0.2) is 8.42 Å². The molecule has 0 aromatic heterocycles. The van der Waals surface area contributed by atoms with Gasteiger partial charge >= 0.3 is 0 Å². The minimum atomic E-state index is -3.61. The Hall–Kier alpha value is -1.25. The van der Waals surface area contributed by atoms with E-state index in [2.05, 4.69) is 36.6 Å². The molecular weight excluding hydrogens is 539 g/mol. The van der Waals surface area contributed by atoms with E-state index in [-0.39, 0.29) is 4.90 Å². The van der Waals surface area contributed by atoms with Gasteiger partial charge in [0.2, 0.25) is 0 Å². The van der Waals surface area contributed by atoms with E-state index in [0.29, 0.717) is 21.4 Å². The standard InChI is InChI=1S/C12H9BrClNO2S.C6H5BrClN/c13-9-6-7-11(14)12(8-9)15-18(16,17)10-4-2-1-3-5-10;7-4-1-2-5(8)6(9)3-4/h1-8,15H;1-3H,9H2. The highest BCUT2D eigenvalue weighted by Crippen LogP contribution is 2.27. The molecule has 0 spiro atoms. The number of nitrogens with two attached hydrogens (primary N) is 1. The van der Waals surface area contributed by atoms with Gasteiger partial charge in [-0.05, 0) is 48.5 Å². The fraction of sp³-hybridized carbons (Fsp3) is 0. The maximum atomic E-state index is 12.1. The molecule has 0 aliphatic rings. The molecule has 0 saturated heterocycles. The summed E-state index contributed by atoms with van der Waals surface area (Å²) in [4.78, 5) is 0.195. The highest BCUT2D eigenvalue weighted by molar-refractivity contribution is 9.10.